The van der Waals surface area contributed by atoms with Crippen LogP contribution in [0.25, 0.3) is 0 Å². The maximum Gasteiger partial charge on any atom is 0.451 e. The first-order valence-corrected chi connectivity index (χ1v) is 8.47. The van der Waals surface area contributed by atoms with Crippen LogP contribution in [0.3, 0.4) is 0 Å². The molecule has 0 atom stereocenters. The van der Waals surface area contributed by atoms with E-state index in [1.807, 2.05) is 0 Å². The third-order valence-electron chi connectivity index (χ3n) is 4.49. The Hall–Kier alpha value is -3.07. The Labute approximate surface area is 161 Å². The van der Waals surface area contributed by atoms with Gasteiger partial charge in [0.15, 0.2) is 24.2 Å². The summed E-state index contributed by atoms with van der Waals surface area (Å²) in [6.07, 6.45) is -4.54. The highest BCUT2D eigenvalue weighted by molar-refractivity contribution is 5.84. The van der Waals surface area contributed by atoms with E-state index in [-0.39, 0.29) is 43.9 Å². The van der Waals surface area contributed by atoms with Crippen molar-refractivity contribution >= 4 is 12.6 Å². The fourth-order valence-corrected chi connectivity index (χ4v) is 3.11. The topological polar surface area (TPSA) is 48.1 Å². The van der Waals surface area contributed by atoms with Gasteiger partial charge in [0.1, 0.15) is 18.9 Å². The van der Waals surface area contributed by atoms with Crippen LogP contribution >= 0.6 is 0 Å². The Kier molecular flexibility index (Phi) is 5.52. The highest BCUT2D eigenvalue weighted by Gasteiger charge is 2.41. The number of alkyl halides is 3. The van der Waals surface area contributed by atoms with E-state index in [9.17, 15) is 26.3 Å². The molecular weight excluding hydrogens is 400 g/mol. The van der Waals surface area contributed by atoms with Gasteiger partial charge >= 0.3 is 12.0 Å². The van der Waals surface area contributed by atoms with Gasteiger partial charge < -0.3 is 4.57 Å². The van der Waals surface area contributed by atoms with Crippen LogP contribution in [0.1, 0.15) is 23.6 Å². The molecule has 0 fully saturated rings. The SMILES string of the molecule is C=[N+]=C(CC(=C)Cc1cc(F)c(F)cc1F)N1CCn2c(nnc2C(F)(F)F)C1. The lowest BCUT2D eigenvalue weighted by atomic mass is 10.0. The van der Waals surface area contributed by atoms with Gasteiger partial charge in [-0.1, -0.05) is 12.2 Å². The predicted molar refractivity (Wildman–Crippen MR) is 93.5 cm³/mol. The van der Waals surface area contributed by atoms with Crippen LogP contribution in [-0.2, 0) is 25.7 Å². The Morgan fingerprint density at radius 2 is 1.76 bits per heavy atom. The zero-order valence-electron chi connectivity index (χ0n) is 15.1. The molecular formula is C18H16F6N5+. The maximum atomic E-state index is 13.8. The van der Waals surface area contributed by atoms with Crippen LogP contribution in [0, 0.1) is 17.5 Å². The second kappa shape index (κ2) is 7.75. The molecule has 1 aliphatic heterocycles. The van der Waals surface area contributed by atoms with Crippen molar-refractivity contribution in [2.45, 2.75) is 32.1 Å². The van der Waals surface area contributed by atoms with Crippen molar-refractivity contribution in [1.29, 1.82) is 0 Å². The van der Waals surface area contributed by atoms with E-state index in [4.69, 9.17) is 0 Å². The van der Waals surface area contributed by atoms with E-state index in [0.717, 1.165) is 10.6 Å². The first kappa shape index (κ1) is 20.7. The molecule has 11 heteroatoms. The Morgan fingerprint density at radius 3 is 2.41 bits per heavy atom. The molecule has 154 valence electrons. The van der Waals surface area contributed by atoms with Crippen molar-refractivity contribution < 1.29 is 26.3 Å². The van der Waals surface area contributed by atoms with Gasteiger partial charge in [-0.15, -0.1) is 10.2 Å². The molecule has 0 aliphatic carbocycles. The predicted octanol–water partition coefficient (Wildman–Crippen LogP) is 2.89. The number of hydrogen-bond donors (Lipinski definition) is 0. The first-order chi connectivity index (χ1) is 13.6. The number of hydrogen-bond acceptors (Lipinski definition) is 2. The lowest BCUT2D eigenvalue weighted by Gasteiger charge is -2.23. The van der Waals surface area contributed by atoms with Crippen molar-refractivity contribution in [3.05, 3.63) is 58.9 Å². The molecule has 0 bridgehead atoms. The third-order valence-corrected chi connectivity index (χ3v) is 4.49. The molecule has 2 aromatic rings. The van der Waals surface area contributed by atoms with Crippen LogP contribution in [0.4, 0.5) is 26.3 Å². The van der Waals surface area contributed by atoms with Gasteiger partial charge in [-0.2, -0.15) is 13.2 Å². The average Bonchev–Trinajstić information content (AvgIpc) is 3.07. The van der Waals surface area contributed by atoms with Gasteiger partial charge in [0.05, 0.1) is 13.0 Å². The fraction of sp³-hybridized carbons (Fsp3) is 0.333. The summed E-state index contributed by atoms with van der Waals surface area (Å²) in [6.45, 7) is 7.51. The number of amidine groups is 1. The summed E-state index contributed by atoms with van der Waals surface area (Å²) in [4.78, 5) is 1.67. The summed E-state index contributed by atoms with van der Waals surface area (Å²) in [5.41, 5.74) is 0.380. The minimum Gasteiger partial charge on any atom is -0.300 e. The highest BCUT2D eigenvalue weighted by Crippen LogP contribution is 2.29. The van der Waals surface area contributed by atoms with Gasteiger partial charge in [0.2, 0.25) is 5.82 Å². The largest absolute Gasteiger partial charge is 0.451 e. The molecule has 0 radical (unpaired) electrons. The van der Waals surface area contributed by atoms with Crippen molar-refractivity contribution in [2.75, 3.05) is 6.54 Å². The lowest BCUT2D eigenvalue weighted by molar-refractivity contribution is -0.147. The quantitative estimate of drug-likeness (QED) is 0.192. The molecule has 1 aromatic heterocycles. The molecule has 0 saturated heterocycles. The summed E-state index contributed by atoms with van der Waals surface area (Å²) < 4.78 is 83.9. The van der Waals surface area contributed by atoms with E-state index >= 15 is 0 Å². The van der Waals surface area contributed by atoms with E-state index in [1.165, 1.54) is 0 Å². The summed E-state index contributed by atoms with van der Waals surface area (Å²) in [7, 11) is 0. The number of fused-ring (bicyclic) bond motifs is 1. The van der Waals surface area contributed by atoms with Crippen molar-refractivity contribution in [3.8, 4) is 0 Å². The van der Waals surface area contributed by atoms with Gasteiger partial charge in [0.25, 0.3) is 0 Å². The van der Waals surface area contributed by atoms with E-state index in [1.54, 1.807) is 4.90 Å². The zero-order valence-corrected chi connectivity index (χ0v) is 15.1. The van der Waals surface area contributed by atoms with Gasteiger partial charge in [-0.05, 0) is 18.1 Å². The number of aromatic nitrogens is 3. The maximum absolute atomic E-state index is 13.8. The molecule has 0 N–H and O–H groups in total. The van der Waals surface area contributed by atoms with Crippen molar-refractivity contribution in [1.82, 2.24) is 24.3 Å². The van der Waals surface area contributed by atoms with Crippen molar-refractivity contribution in [2.24, 2.45) is 0 Å². The summed E-state index contributed by atoms with van der Waals surface area (Å²) in [6, 6.07) is 1.23. The average molecular weight is 416 g/mol. The minimum atomic E-state index is -4.60. The minimum absolute atomic E-state index is 0.000471. The van der Waals surface area contributed by atoms with Crippen LogP contribution in [0.2, 0.25) is 0 Å². The molecule has 5 nitrogen and oxygen atoms in total. The van der Waals surface area contributed by atoms with Gasteiger partial charge in [-0.25, -0.2) is 22.7 Å². The molecule has 0 amide bonds. The molecule has 1 aliphatic rings. The lowest BCUT2D eigenvalue weighted by Crippen LogP contribution is -2.40. The monoisotopic (exact) mass is 416 g/mol. The zero-order chi connectivity index (χ0) is 21.3. The molecule has 3 rings (SSSR count). The number of rotatable bonds is 4. The summed E-state index contributed by atoms with van der Waals surface area (Å²) in [5.74, 6) is -3.88. The van der Waals surface area contributed by atoms with E-state index in [0.29, 0.717) is 17.5 Å². The second-order valence-corrected chi connectivity index (χ2v) is 6.55. The van der Waals surface area contributed by atoms with Gasteiger partial charge in [0, 0.05) is 6.07 Å². The number of halogens is 6. The molecule has 29 heavy (non-hydrogen) atoms. The molecule has 1 aromatic carbocycles. The highest BCUT2D eigenvalue weighted by atomic mass is 19.4. The van der Waals surface area contributed by atoms with E-state index in [2.05, 4.69) is 28.2 Å². The van der Waals surface area contributed by atoms with Crippen LogP contribution in [0.15, 0.2) is 24.3 Å². The number of nitrogens with zero attached hydrogens (tertiary/aromatic N) is 5. The summed E-state index contributed by atoms with van der Waals surface area (Å²) >= 11 is 0. The molecule has 0 saturated carbocycles. The molecule has 0 spiro atoms. The second-order valence-electron chi connectivity index (χ2n) is 6.55. The Morgan fingerprint density at radius 1 is 1.07 bits per heavy atom. The Bertz CT molecular complexity index is 1000. The van der Waals surface area contributed by atoms with Crippen molar-refractivity contribution in [3.63, 3.8) is 0 Å². The van der Waals surface area contributed by atoms with Crippen LogP contribution < -0.4 is 4.67 Å². The summed E-state index contributed by atoms with van der Waals surface area (Å²) in [5, 5.41) is 6.80. The van der Waals surface area contributed by atoms with E-state index < -0.39 is 29.5 Å². The first-order valence-electron chi connectivity index (χ1n) is 8.47. The smallest absolute Gasteiger partial charge is 0.300 e. The molecule has 2 heterocycles. The van der Waals surface area contributed by atoms with Crippen LogP contribution in [0.5, 0.6) is 0 Å². The third kappa shape index (κ3) is 4.34. The standard InChI is InChI=1S/C18H16F6N5/c1-10(5-11-7-13(20)14(21)8-12(11)19)6-15(25-2)28-3-4-29-16(9-28)26-27-17(29)18(22,23)24/h7-8H,1-6,9H2/q+1. The fourth-order valence-electron chi connectivity index (χ4n) is 3.11. The number of benzene rings is 1. The van der Waals surface area contributed by atoms with Crippen LogP contribution in [-0.4, -0.2) is 38.8 Å². The van der Waals surface area contributed by atoms with Gasteiger partial charge in [-0.3, -0.25) is 0 Å². The Balaban J connectivity index is 1.70. The normalized spacial score (nSPS) is 13.8. The molecule has 0 unspecified atom stereocenters.